The van der Waals surface area contributed by atoms with E-state index >= 15 is 0 Å². The van der Waals surface area contributed by atoms with Crippen molar-refractivity contribution in [2.24, 2.45) is 5.10 Å². The molecule has 2 rings (SSSR count). The van der Waals surface area contributed by atoms with Crippen LogP contribution in [0.4, 0.5) is 0 Å². The van der Waals surface area contributed by atoms with Gasteiger partial charge in [-0.25, -0.2) is 5.43 Å². The number of amides is 2. The van der Waals surface area contributed by atoms with Crippen molar-refractivity contribution in [1.82, 2.24) is 10.7 Å². The highest BCUT2D eigenvalue weighted by Crippen LogP contribution is 2.12. The summed E-state index contributed by atoms with van der Waals surface area (Å²) in [7, 11) is 0. The standard InChI is InChI=1S/C16H16BrN3O4/c1-11-3-2-4-12(7-11)23-10-16(22)18-9-15(21)20-19-8-13-5-6-14(17)24-13/h2-8H,9-10H2,1H3,(H,18,22)(H,20,21)/b19-8-. The summed E-state index contributed by atoms with van der Waals surface area (Å²) in [5.41, 5.74) is 3.31. The summed E-state index contributed by atoms with van der Waals surface area (Å²) < 4.78 is 11.1. The van der Waals surface area contributed by atoms with Crippen LogP contribution in [0.25, 0.3) is 0 Å². The first-order valence-electron chi connectivity index (χ1n) is 7.06. The summed E-state index contributed by atoms with van der Waals surface area (Å²) >= 11 is 3.15. The molecule has 0 spiro atoms. The third-order valence-corrected chi connectivity index (χ3v) is 3.21. The van der Waals surface area contributed by atoms with Gasteiger partial charge in [0, 0.05) is 0 Å². The van der Waals surface area contributed by atoms with Crippen LogP contribution in [0, 0.1) is 6.92 Å². The smallest absolute Gasteiger partial charge is 0.259 e. The van der Waals surface area contributed by atoms with Gasteiger partial charge < -0.3 is 14.5 Å². The van der Waals surface area contributed by atoms with Crippen molar-refractivity contribution in [1.29, 1.82) is 0 Å². The van der Waals surface area contributed by atoms with Gasteiger partial charge in [-0.2, -0.15) is 5.10 Å². The average molecular weight is 394 g/mol. The normalized spacial score (nSPS) is 10.6. The van der Waals surface area contributed by atoms with Gasteiger partial charge in [0.05, 0.1) is 12.8 Å². The van der Waals surface area contributed by atoms with E-state index in [1.165, 1.54) is 6.21 Å². The molecule has 0 aliphatic rings. The van der Waals surface area contributed by atoms with Gasteiger partial charge in [0.2, 0.25) is 0 Å². The minimum atomic E-state index is -0.458. The zero-order chi connectivity index (χ0) is 17.4. The quantitative estimate of drug-likeness (QED) is 0.555. The number of hydrogen-bond donors (Lipinski definition) is 2. The van der Waals surface area contributed by atoms with E-state index in [0.717, 1.165) is 5.56 Å². The van der Waals surface area contributed by atoms with Gasteiger partial charge in [-0.15, -0.1) is 0 Å². The van der Waals surface area contributed by atoms with E-state index in [2.05, 4.69) is 31.8 Å². The first-order chi connectivity index (χ1) is 11.5. The molecule has 0 fully saturated rings. The van der Waals surface area contributed by atoms with Gasteiger partial charge >= 0.3 is 0 Å². The van der Waals surface area contributed by atoms with Crippen molar-refractivity contribution in [3.63, 3.8) is 0 Å². The summed E-state index contributed by atoms with van der Waals surface area (Å²) in [5.74, 6) is 0.230. The van der Waals surface area contributed by atoms with Crippen molar-refractivity contribution in [3.8, 4) is 5.75 Å². The number of hydrazone groups is 1. The van der Waals surface area contributed by atoms with Crippen LogP contribution < -0.4 is 15.5 Å². The van der Waals surface area contributed by atoms with E-state index in [9.17, 15) is 9.59 Å². The molecule has 0 atom stereocenters. The van der Waals surface area contributed by atoms with E-state index in [-0.39, 0.29) is 13.2 Å². The number of halogens is 1. The number of aryl methyl sites for hydroxylation is 1. The molecule has 1 aromatic carbocycles. The lowest BCUT2D eigenvalue weighted by Gasteiger charge is -2.07. The number of carbonyl (C=O) groups excluding carboxylic acids is 2. The topological polar surface area (TPSA) is 92.9 Å². The van der Waals surface area contributed by atoms with Crippen molar-refractivity contribution in [2.45, 2.75) is 6.92 Å². The second kappa shape index (κ2) is 8.88. The monoisotopic (exact) mass is 393 g/mol. The predicted octanol–water partition coefficient (Wildman–Crippen LogP) is 2.00. The van der Waals surface area contributed by atoms with Gasteiger partial charge in [0.15, 0.2) is 11.3 Å². The van der Waals surface area contributed by atoms with Crippen LogP contribution in [-0.2, 0) is 9.59 Å². The Morgan fingerprint density at radius 3 is 2.83 bits per heavy atom. The Kier molecular flexibility index (Phi) is 6.56. The van der Waals surface area contributed by atoms with Crippen LogP contribution in [0.1, 0.15) is 11.3 Å². The van der Waals surface area contributed by atoms with E-state index < -0.39 is 11.8 Å². The lowest BCUT2D eigenvalue weighted by Crippen LogP contribution is -2.37. The summed E-state index contributed by atoms with van der Waals surface area (Å²) in [6.45, 7) is 1.56. The van der Waals surface area contributed by atoms with Crippen LogP contribution >= 0.6 is 15.9 Å². The molecule has 7 nitrogen and oxygen atoms in total. The molecule has 0 radical (unpaired) electrons. The Morgan fingerprint density at radius 2 is 2.12 bits per heavy atom. The fourth-order valence-corrected chi connectivity index (χ4v) is 2.01. The van der Waals surface area contributed by atoms with Crippen LogP contribution in [0.2, 0.25) is 0 Å². The molecule has 1 heterocycles. The Hall–Kier alpha value is -2.61. The van der Waals surface area contributed by atoms with E-state index in [1.54, 1.807) is 18.2 Å². The second-order valence-electron chi connectivity index (χ2n) is 4.82. The Balaban J connectivity index is 1.65. The predicted molar refractivity (Wildman–Crippen MR) is 91.8 cm³/mol. The van der Waals surface area contributed by atoms with Crippen LogP contribution in [0.5, 0.6) is 5.75 Å². The molecular weight excluding hydrogens is 378 g/mol. The number of furan rings is 1. The summed E-state index contributed by atoms with van der Waals surface area (Å²) in [6.07, 6.45) is 1.35. The van der Waals surface area contributed by atoms with Crippen LogP contribution in [0.15, 0.2) is 50.6 Å². The van der Waals surface area contributed by atoms with Crippen molar-refractivity contribution in [3.05, 3.63) is 52.4 Å². The molecule has 8 heteroatoms. The molecule has 2 amide bonds. The van der Waals surface area contributed by atoms with Gasteiger partial charge in [0.1, 0.15) is 11.5 Å². The summed E-state index contributed by atoms with van der Waals surface area (Å²) in [4.78, 5) is 23.2. The molecule has 0 aliphatic carbocycles. The number of hydrogen-bond acceptors (Lipinski definition) is 5. The highest BCUT2D eigenvalue weighted by Gasteiger charge is 2.06. The lowest BCUT2D eigenvalue weighted by atomic mass is 10.2. The SMILES string of the molecule is Cc1cccc(OCC(=O)NCC(=O)N/N=C\c2ccc(Br)o2)c1. The highest BCUT2D eigenvalue weighted by molar-refractivity contribution is 9.10. The van der Waals surface area contributed by atoms with Gasteiger partial charge in [-0.1, -0.05) is 12.1 Å². The number of nitrogens with one attached hydrogen (secondary N) is 2. The van der Waals surface area contributed by atoms with Gasteiger partial charge in [0.25, 0.3) is 11.8 Å². The minimum Gasteiger partial charge on any atom is -0.484 e. The van der Waals surface area contributed by atoms with Gasteiger partial charge in [-0.3, -0.25) is 9.59 Å². The molecule has 0 saturated carbocycles. The van der Waals surface area contributed by atoms with Crippen LogP contribution in [-0.4, -0.2) is 31.2 Å². The number of ether oxygens (including phenoxy) is 1. The first kappa shape index (κ1) is 17.7. The first-order valence-corrected chi connectivity index (χ1v) is 7.85. The molecule has 126 valence electrons. The van der Waals surface area contributed by atoms with Gasteiger partial charge in [-0.05, 0) is 52.7 Å². The maximum atomic E-state index is 11.6. The Labute approximate surface area is 147 Å². The zero-order valence-corrected chi connectivity index (χ0v) is 14.5. The van der Waals surface area contributed by atoms with E-state index in [0.29, 0.717) is 16.2 Å². The lowest BCUT2D eigenvalue weighted by molar-refractivity contribution is -0.127. The fraction of sp³-hybridized carbons (Fsp3) is 0.188. The molecular formula is C16H16BrN3O4. The van der Waals surface area contributed by atoms with E-state index in [1.807, 2.05) is 25.1 Å². The minimum absolute atomic E-state index is 0.166. The van der Waals surface area contributed by atoms with Crippen molar-refractivity contribution in [2.75, 3.05) is 13.2 Å². The summed E-state index contributed by atoms with van der Waals surface area (Å²) in [5, 5.41) is 6.15. The zero-order valence-electron chi connectivity index (χ0n) is 12.9. The molecule has 0 aliphatic heterocycles. The molecule has 24 heavy (non-hydrogen) atoms. The number of nitrogens with zero attached hydrogens (tertiary/aromatic N) is 1. The Morgan fingerprint density at radius 1 is 1.29 bits per heavy atom. The molecule has 2 aromatic rings. The average Bonchev–Trinajstić information content (AvgIpc) is 2.96. The number of benzene rings is 1. The molecule has 0 bridgehead atoms. The van der Waals surface area contributed by atoms with E-state index in [4.69, 9.17) is 9.15 Å². The molecule has 0 saturated heterocycles. The maximum absolute atomic E-state index is 11.6. The maximum Gasteiger partial charge on any atom is 0.259 e. The van der Waals surface area contributed by atoms with Crippen molar-refractivity contribution >= 4 is 34.0 Å². The third kappa shape index (κ3) is 6.25. The number of rotatable bonds is 7. The largest absolute Gasteiger partial charge is 0.484 e. The molecule has 0 unspecified atom stereocenters. The second-order valence-corrected chi connectivity index (χ2v) is 5.60. The number of carbonyl (C=O) groups is 2. The molecule has 1 aromatic heterocycles. The summed E-state index contributed by atoms with van der Waals surface area (Å²) in [6, 6.07) is 10.7. The molecule has 2 N–H and O–H groups in total. The van der Waals surface area contributed by atoms with Crippen LogP contribution in [0.3, 0.4) is 0 Å². The highest BCUT2D eigenvalue weighted by atomic mass is 79.9. The van der Waals surface area contributed by atoms with Crippen molar-refractivity contribution < 1.29 is 18.7 Å². The fourth-order valence-electron chi connectivity index (χ4n) is 1.69. The Bertz CT molecular complexity index is 742. The third-order valence-electron chi connectivity index (χ3n) is 2.78.